The van der Waals surface area contributed by atoms with Crippen molar-refractivity contribution in [3.05, 3.63) is 71.8 Å². The summed E-state index contributed by atoms with van der Waals surface area (Å²) in [5.74, 6) is -0.108. The van der Waals surface area contributed by atoms with Crippen molar-refractivity contribution in [2.45, 2.75) is 32.8 Å². The molecule has 3 rings (SSSR count). The number of rotatable bonds is 4. The van der Waals surface area contributed by atoms with Crippen LogP contribution in [0.15, 0.2) is 60.7 Å². The minimum absolute atomic E-state index is 0.236. The van der Waals surface area contributed by atoms with Crippen LogP contribution in [0, 0.1) is 5.92 Å². The number of benzene rings is 2. The Labute approximate surface area is 178 Å². The van der Waals surface area contributed by atoms with Crippen LogP contribution in [0.4, 0.5) is 4.79 Å². The molecule has 0 saturated heterocycles. The molecule has 5 nitrogen and oxygen atoms in total. The Bertz CT molecular complexity index is 925. The summed E-state index contributed by atoms with van der Waals surface area (Å²) in [5, 5.41) is 0. The molecular formula is C25H29NO4. The number of carbonyl (C=O) groups excluding carboxylic acids is 2. The van der Waals surface area contributed by atoms with Crippen molar-refractivity contribution in [3.8, 4) is 11.1 Å². The summed E-state index contributed by atoms with van der Waals surface area (Å²) in [7, 11) is 1.39. The Morgan fingerprint density at radius 1 is 1.07 bits per heavy atom. The highest BCUT2D eigenvalue weighted by Crippen LogP contribution is 2.26. The van der Waals surface area contributed by atoms with Gasteiger partial charge in [-0.15, -0.1) is 0 Å². The maximum Gasteiger partial charge on any atom is 0.410 e. The highest BCUT2D eigenvalue weighted by molar-refractivity contribution is 5.97. The molecule has 0 saturated carbocycles. The Balaban J connectivity index is 1.68. The first-order chi connectivity index (χ1) is 14.3. The topological polar surface area (TPSA) is 55.8 Å². The summed E-state index contributed by atoms with van der Waals surface area (Å²) >= 11 is 0. The van der Waals surface area contributed by atoms with E-state index >= 15 is 0 Å². The van der Waals surface area contributed by atoms with Gasteiger partial charge in [0, 0.05) is 13.1 Å². The normalized spacial score (nSPS) is 16.3. The van der Waals surface area contributed by atoms with Gasteiger partial charge in [0.25, 0.3) is 0 Å². The zero-order chi connectivity index (χ0) is 21.7. The lowest BCUT2D eigenvalue weighted by Crippen LogP contribution is -2.41. The Morgan fingerprint density at radius 2 is 1.77 bits per heavy atom. The average molecular weight is 408 g/mol. The third kappa shape index (κ3) is 5.50. The van der Waals surface area contributed by atoms with Crippen LogP contribution in [-0.2, 0) is 15.9 Å². The van der Waals surface area contributed by atoms with E-state index in [4.69, 9.17) is 9.47 Å². The lowest BCUT2D eigenvalue weighted by atomic mass is 9.94. The smallest absolute Gasteiger partial charge is 0.410 e. The molecule has 1 aliphatic heterocycles. The van der Waals surface area contributed by atoms with Crippen molar-refractivity contribution >= 4 is 12.1 Å². The third-order valence-electron chi connectivity index (χ3n) is 4.94. The second kappa shape index (κ2) is 9.16. The van der Waals surface area contributed by atoms with Gasteiger partial charge in [-0.3, -0.25) is 0 Å². The number of hydrogen-bond donors (Lipinski definition) is 0. The van der Waals surface area contributed by atoms with Gasteiger partial charge in [0.1, 0.15) is 5.60 Å². The largest absolute Gasteiger partial charge is 0.465 e. The second-order valence-corrected chi connectivity index (χ2v) is 8.51. The molecule has 0 radical (unpaired) electrons. The molecule has 0 fully saturated rings. The van der Waals surface area contributed by atoms with Gasteiger partial charge < -0.3 is 14.4 Å². The minimum Gasteiger partial charge on any atom is -0.465 e. The van der Waals surface area contributed by atoms with Crippen molar-refractivity contribution < 1.29 is 19.1 Å². The van der Waals surface area contributed by atoms with Crippen molar-refractivity contribution in [1.29, 1.82) is 0 Å². The molecule has 0 aromatic heterocycles. The van der Waals surface area contributed by atoms with Crippen LogP contribution in [0.3, 0.4) is 0 Å². The molecule has 1 amide bonds. The quantitative estimate of drug-likeness (QED) is 0.522. The highest BCUT2D eigenvalue weighted by Gasteiger charge is 2.25. The summed E-state index contributed by atoms with van der Waals surface area (Å²) in [4.78, 5) is 26.1. The first-order valence-electron chi connectivity index (χ1n) is 10.2. The molecule has 158 valence electrons. The monoisotopic (exact) mass is 407 g/mol. The number of methoxy groups -OCH3 is 1. The summed E-state index contributed by atoms with van der Waals surface area (Å²) in [6, 6.07) is 15.6. The number of ether oxygens (including phenoxy) is 2. The fraction of sp³-hybridized carbons (Fsp3) is 0.360. The maximum absolute atomic E-state index is 12.4. The summed E-state index contributed by atoms with van der Waals surface area (Å²) in [6.45, 7) is 6.85. The number of hydrogen-bond acceptors (Lipinski definition) is 4. The molecule has 1 aliphatic rings. The maximum atomic E-state index is 12.4. The van der Waals surface area contributed by atoms with E-state index in [0.29, 0.717) is 18.7 Å². The van der Waals surface area contributed by atoms with Gasteiger partial charge in [-0.25, -0.2) is 9.59 Å². The average Bonchev–Trinajstić information content (AvgIpc) is 2.73. The standard InChI is InChI=1S/C25H29NO4/c1-25(2,3)30-24(28)26-15-7-8-19(17-26)16-18-11-13-20(14-12-18)21-9-5-6-10-22(21)23(27)29-4/h5-14,19H,15-17H2,1-4H3. The van der Waals surface area contributed by atoms with Crippen molar-refractivity contribution in [3.63, 3.8) is 0 Å². The Morgan fingerprint density at radius 3 is 2.43 bits per heavy atom. The first kappa shape index (κ1) is 21.6. The van der Waals surface area contributed by atoms with Crippen LogP contribution in [0.2, 0.25) is 0 Å². The Hall–Kier alpha value is -3.08. The number of nitrogens with zero attached hydrogens (tertiary/aromatic N) is 1. The second-order valence-electron chi connectivity index (χ2n) is 8.51. The van der Waals surface area contributed by atoms with Crippen LogP contribution >= 0.6 is 0 Å². The van der Waals surface area contributed by atoms with E-state index in [0.717, 1.165) is 17.5 Å². The molecule has 0 spiro atoms. The van der Waals surface area contributed by atoms with Crippen molar-refractivity contribution in [2.24, 2.45) is 5.92 Å². The molecule has 1 heterocycles. The van der Waals surface area contributed by atoms with E-state index in [1.807, 2.05) is 57.2 Å². The molecule has 30 heavy (non-hydrogen) atoms. The number of carbonyl (C=O) groups is 2. The molecule has 2 aromatic carbocycles. The summed E-state index contributed by atoms with van der Waals surface area (Å²) < 4.78 is 10.4. The lowest BCUT2D eigenvalue weighted by Gasteiger charge is -2.31. The van der Waals surface area contributed by atoms with Crippen LogP contribution in [0.1, 0.15) is 36.7 Å². The lowest BCUT2D eigenvalue weighted by molar-refractivity contribution is 0.0244. The van der Waals surface area contributed by atoms with Crippen molar-refractivity contribution in [1.82, 2.24) is 4.90 Å². The Kier molecular flexibility index (Phi) is 6.60. The molecule has 0 bridgehead atoms. The summed E-state index contributed by atoms with van der Waals surface area (Å²) in [6.07, 6.45) is 4.75. The molecule has 0 N–H and O–H groups in total. The van der Waals surface area contributed by atoms with Gasteiger partial charge in [-0.1, -0.05) is 54.6 Å². The van der Waals surface area contributed by atoms with E-state index < -0.39 is 5.60 Å². The zero-order valence-electron chi connectivity index (χ0n) is 18.1. The van der Waals surface area contributed by atoms with Crippen LogP contribution in [0.5, 0.6) is 0 Å². The van der Waals surface area contributed by atoms with Crippen LogP contribution in [0.25, 0.3) is 11.1 Å². The van der Waals surface area contributed by atoms with Crippen LogP contribution < -0.4 is 0 Å². The molecular weight excluding hydrogens is 378 g/mol. The van der Waals surface area contributed by atoms with Gasteiger partial charge in [-0.05, 0) is 55.9 Å². The highest BCUT2D eigenvalue weighted by atomic mass is 16.6. The predicted octanol–water partition coefficient (Wildman–Crippen LogP) is 5.11. The molecule has 5 heteroatoms. The molecule has 1 unspecified atom stereocenters. The predicted molar refractivity (Wildman–Crippen MR) is 117 cm³/mol. The molecule has 2 aromatic rings. The van der Waals surface area contributed by atoms with Gasteiger partial charge >= 0.3 is 12.1 Å². The van der Waals surface area contributed by atoms with E-state index in [2.05, 4.69) is 18.2 Å². The van der Waals surface area contributed by atoms with Crippen LogP contribution in [-0.4, -0.2) is 42.8 Å². The van der Waals surface area contributed by atoms with E-state index in [-0.39, 0.29) is 18.0 Å². The minimum atomic E-state index is -0.496. The van der Waals surface area contributed by atoms with E-state index in [1.54, 1.807) is 11.0 Å². The fourth-order valence-corrected chi connectivity index (χ4v) is 3.55. The van der Waals surface area contributed by atoms with Crippen molar-refractivity contribution in [2.75, 3.05) is 20.2 Å². The third-order valence-corrected chi connectivity index (χ3v) is 4.94. The first-order valence-corrected chi connectivity index (χ1v) is 10.2. The molecule has 1 atom stereocenters. The summed E-state index contributed by atoms with van der Waals surface area (Å²) in [5.41, 5.74) is 3.05. The van der Waals surface area contributed by atoms with E-state index in [9.17, 15) is 9.59 Å². The van der Waals surface area contributed by atoms with Gasteiger partial charge in [-0.2, -0.15) is 0 Å². The van der Waals surface area contributed by atoms with E-state index in [1.165, 1.54) is 12.7 Å². The number of amides is 1. The SMILES string of the molecule is COC(=O)c1ccccc1-c1ccc(CC2C=CCN(C(=O)OC(C)(C)C)C2)cc1. The van der Waals surface area contributed by atoms with Gasteiger partial charge in [0.2, 0.25) is 0 Å². The molecule has 0 aliphatic carbocycles. The van der Waals surface area contributed by atoms with Gasteiger partial charge in [0.05, 0.1) is 12.7 Å². The number of esters is 1. The fourth-order valence-electron chi connectivity index (χ4n) is 3.55. The van der Waals surface area contributed by atoms with Gasteiger partial charge in [0.15, 0.2) is 0 Å². The zero-order valence-corrected chi connectivity index (χ0v) is 18.1.